The van der Waals surface area contributed by atoms with Gasteiger partial charge in [0, 0.05) is 29.6 Å². The van der Waals surface area contributed by atoms with Crippen molar-refractivity contribution in [1.29, 1.82) is 0 Å². The second-order valence-corrected chi connectivity index (χ2v) is 7.34. The van der Waals surface area contributed by atoms with E-state index in [4.69, 9.17) is 27.6 Å². The highest BCUT2D eigenvalue weighted by molar-refractivity contribution is 14.0. The van der Waals surface area contributed by atoms with Crippen LogP contribution in [0.1, 0.15) is 37.0 Å². The Labute approximate surface area is 203 Å². The van der Waals surface area contributed by atoms with Gasteiger partial charge in [0.05, 0.1) is 12.3 Å². The highest BCUT2D eigenvalue weighted by atomic mass is 127. The quantitative estimate of drug-likeness (QED) is 0.233. The summed E-state index contributed by atoms with van der Waals surface area (Å²) in [4.78, 5) is 4.63. The Morgan fingerprint density at radius 2 is 2.13 bits per heavy atom. The smallest absolute Gasteiger partial charge is 0.192 e. The molecular formula is C20H25Cl2IN6O. The van der Waals surface area contributed by atoms with Gasteiger partial charge in [0.2, 0.25) is 0 Å². The molecule has 3 rings (SSSR count). The Morgan fingerprint density at radius 3 is 2.83 bits per heavy atom. The van der Waals surface area contributed by atoms with Crippen LogP contribution >= 0.6 is 47.2 Å². The van der Waals surface area contributed by atoms with Crippen LogP contribution in [0, 0.1) is 0 Å². The number of rotatable bonds is 8. The highest BCUT2D eigenvalue weighted by Crippen LogP contribution is 2.26. The van der Waals surface area contributed by atoms with Crippen molar-refractivity contribution in [2.24, 2.45) is 4.99 Å². The third-order valence-electron chi connectivity index (χ3n) is 4.41. The standard InChI is InChI=1S/C20H24Cl2N6O.HI/c1-3-19-27-25-13-28(19)9-8-23-20(24-12-16-5-4-10-29-16)26-14(2)17-7-6-15(21)11-18(17)22;/h4-7,10-11,13-14H,3,8-9,12H2,1-2H3,(H2,23,24,26);1H. The Bertz CT molecular complexity index is 945. The van der Waals surface area contributed by atoms with Gasteiger partial charge < -0.3 is 19.6 Å². The minimum Gasteiger partial charge on any atom is -0.467 e. The number of aromatic nitrogens is 3. The molecule has 2 N–H and O–H groups in total. The molecule has 3 aromatic rings. The lowest BCUT2D eigenvalue weighted by atomic mass is 10.1. The minimum atomic E-state index is -0.0660. The van der Waals surface area contributed by atoms with Gasteiger partial charge in [-0.15, -0.1) is 34.2 Å². The molecule has 0 aliphatic rings. The van der Waals surface area contributed by atoms with Crippen molar-refractivity contribution >= 4 is 53.1 Å². The van der Waals surface area contributed by atoms with Gasteiger partial charge in [0.1, 0.15) is 24.5 Å². The summed E-state index contributed by atoms with van der Waals surface area (Å²) in [5.74, 6) is 2.40. The number of aliphatic imine (C=N–C) groups is 1. The molecule has 7 nitrogen and oxygen atoms in total. The number of nitrogens with zero attached hydrogens (tertiary/aromatic N) is 4. The van der Waals surface area contributed by atoms with Gasteiger partial charge in [-0.25, -0.2) is 4.99 Å². The van der Waals surface area contributed by atoms with Crippen LogP contribution in [0.25, 0.3) is 0 Å². The molecule has 0 bridgehead atoms. The summed E-state index contributed by atoms with van der Waals surface area (Å²) in [7, 11) is 0. The lowest BCUT2D eigenvalue weighted by molar-refractivity contribution is 0.511. The lowest BCUT2D eigenvalue weighted by Gasteiger charge is -2.20. The summed E-state index contributed by atoms with van der Waals surface area (Å²) >= 11 is 12.4. The SMILES string of the molecule is CCc1nncn1CCNC(=NCc1ccco1)NC(C)c1ccc(Cl)cc1Cl.I. The van der Waals surface area contributed by atoms with E-state index >= 15 is 0 Å². The molecule has 1 unspecified atom stereocenters. The molecule has 0 aliphatic heterocycles. The Morgan fingerprint density at radius 1 is 1.30 bits per heavy atom. The Kier molecular flexibility index (Phi) is 9.93. The molecule has 1 aromatic carbocycles. The van der Waals surface area contributed by atoms with Crippen LogP contribution in [0.5, 0.6) is 0 Å². The molecule has 10 heteroatoms. The van der Waals surface area contributed by atoms with Crippen molar-refractivity contribution in [3.05, 3.63) is 70.1 Å². The summed E-state index contributed by atoms with van der Waals surface area (Å²) < 4.78 is 7.40. The molecule has 0 spiro atoms. The maximum Gasteiger partial charge on any atom is 0.192 e. The zero-order chi connectivity index (χ0) is 20.6. The third-order valence-corrected chi connectivity index (χ3v) is 4.97. The van der Waals surface area contributed by atoms with Gasteiger partial charge in [-0.3, -0.25) is 0 Å². The summed E-state index contributed by atoms with van der Waals surface area (Å²) in [5.41, 5.74) is 0.940. The van der Waals surface area contributed by atoms with Gasteiger partial charge in [-0.1, -0.05) is 36.2 Å². The maximum absolute atomic E-state index is 6.35. The number of halogens is 3. The molecule has 0 saturated heterocycles. The minimum absolute atomic E-state index is 0. The first-order valence-electron chi connectivity index (χ1n) is 9.45. The van der Waals surface area contributed by atoms with Crippen LogP contribution in [-0.4, -0.2) is 27.3 Å². The first kappa shape index (κ1) is 24.5. The van der Waals surface area contributed by atoms with Crippen molar-refractivity contribution in [3.63, 3.8) is 0 Å². The summed E-state index contributed by atoms with van der Waals surface area (Å²) in [5, 5.41) is 16.0. The van der Waals surface area contributed by atoms with Crippen molar-refractivity contribution in [2.45, 2.75) is 39.4 Å². The fourth-order valence-corrected chi connectivity index (χ4v) is 3.45. The molecule has 0 saturated carbocycles. The van der Waals surface area contributed by atoms with E-state index in [2.05, 4.69) is 32.7 Å². The van der Waals surface area contributed by atoms with E-state index in [0.29, 0.717) is 29.1 Å². The van der Waals surface area contributed by atoms with Crippen LogP contribution < -0.4 is 10.6 Å². The number of furan rings is 1. The van der Waals surface area contributed by atoms with E-state index in [1.165, 1.54) is 0 Å². The average Bonchev–Trinajstić information content (AvgIpc) is 3.37. The number of guanidine groups is 1. The van der Waals surface area contributed by atoms with E-state index in [9.17, 15) is 0 Å². The van der Waals surface area contributed by atoms with Crippen molar-refractivity contribution < 1.29 is 4.42 Å². The second-order valence-electron chi connectivity index (χ2n) is 6.50. The average molecular weight is 563 g/mol. The topological polar surface area (TPSA) is 80.3 Å². The molecular weight excluding hydrogens is 538 g/mol. The Balaban J connectivity index is 0.00000320. The first-order valence-corrected chi connectivity index (χ1v) is 10.2. The number of hydrogen-bond acceptors (Lipinski definition) is 4. The highest BCUT2D eigenvalue weighted by Gasteiger charge is 2.12. The van der Waals surface area contributed by atoms with E-state index in [1.54, 1.807) is 18.7 Å². The molecule has 0 aliphatic carbocycles. The summed E-state index contributed by atoms with van der Waals surface area (Å²) in [6.45, 7) is 5.90. The fraction of sp³-hybridized carbons (Fsp3) is 0.350. The van der Waals surface area contributed by atoms with E-state index < -0.39 is 0 Å². The number of benzene rings is 1. The lowest BCUT2D eigenvalue weighted by Crippen LogP contribution is -2.40. The normalized spacial score (nSPS) is 12.3. The van der Waals surface area contributed by atoms with Crippen LogP contribution in [0.3, 0.4) is 0 Å². The molecule has 2 aromatic heterocycles. The number of hydrogen-bond donors (Lipinski definition) is 2. The van der Waals surface area contributed by atoms with Gasteiger partial charge in [-0.05, 0) is 36.8 Å². The van der Waals surface area contributed by atoms with Crippen LogP contribution in [0.4, 0.5) is 0 Å². The molecule has 30 heavy (non-hydrogen) atoms. The molecule has 1 atom stereocenters. The Hall–Kier alpha value is -1.78. The van der Waals surface area contributed by atoms with Crippen molar-refractivity contribution in [3.8, 4) is 0 Å². The summed E-state index contributed by atoms with van der Waals surface area (Å²) in [6.07, 6.45) is 4.22. The zero-order valence-electron chi connectivity index (χ0n) is 16.8. The van der Waals surface area contributed by atoms with Crippen LogP contribution in [0.15, 0.2) is 52.3 Å². The first-order chi connectivity index (χ1) is 14.1. The zero-order valence-corrected chi connectivity index (χ0v) is 20.7. The van der Waals surface area contributed by atoms with E-state index in [-0.39, 0.29) is 30.0 Å². The monoisotopic (exact) mass is 562 g/mol. The van der Waals surface area contributed by atoms with Gasteiger partial charge in [0.15, 0.2) is 5.96 Å². The molecule has 2 heterocycles. The molecule has 162 valence electrons. The molecule has 0 fully saturated rings. The van der Waals surface area contributed by atoms with E-state index in [1.807, 2.05) is 35.8 Å². The predicted octanol–water partition coefficient (Wildman–Crippen LogP) is 4.85. The van der Waals surface area contributed by atoms with Crippen LogP contribution in [0.2, 0.25) is 10.0 Å². The molecule has 0 amide bonds. The van der Waals surface area contributed by atoms with Crippen LogP contribution in [-0.2, 0) is 19.5 Å². The van der Waals surface area contributed by atoms with Crippen molar-refractivity contribution in [2.75, 3.05) is 6.54 Å². The van der Waals surface area contributed by atoms with E-state index in [0.717, 1.165) is 30.1 Å². The maximum atomic E-state index is 6.35. The number of nitrogens with one attached hydrogen (secondary N) is 2. The van der Waals surface area contributed by atoms with Gasteiger partial charge in [-0.2, -0.15) is 0 Å². The fourth-order valence-electron chi connectivity index (χ4n) is 2.88. The second kappa shape index (κ2) is 12.2. The predicted molar refractivity (Wildman–Crippen MR) is 131 cm³/mol. The largest absolute Gasteiger partial charge is 0.467 e. The third kappa shape index (κ3) is 6.88. The number of aryl methyl sites for hydroxylation is 1. The van der Waals surface area contributed by atoms with Crippen molar-refractivity contribution in [1.82, 2.24) is 25.4 Å². The van der Waals surface area contributed by atoms with Gasteiger partial charge >= 0.3 is 0 Å². The summed E-state index contributed by atoms with van der Waals surface area (Å²) in [6, 6.07) is 9.15. The van der Waals surface area contributed by atoms with Gasteiger partial charge in [0.25, 0.3) is 0 Å². The molecule has 0 radical (unpaired) electrons.